The maximum absolute atomic E-state index is 13.6. The van der Waals surface area contributed by atoms with Crippen LogP contribution in [0.5, 0.6) is 0 Å². The maximum Gasteiger partial charge on any atom is 0.142 e. The maximum atomic E-state index is 13.6. The number of hydrogen-bond acceptors (Lipinski definition) is 2. The lowest BCUT2D eigenvalue weighted by atomic mass is 9.67. The van der Waals surface area contributed by atoms with E-state index in [2.05, 4.69) is 0 Å². The molecule has 3 rings (SSSR count). The first-order valence-corrected chi connectivity index (χ1v) is 7.27. The van der Waals surface area contributed by atoms with Crippen molar-refractivity contribution in [3.63, 3.8) is 0 Å². The van der Waals surface area contributed by atoms with Crippen LogP contribution < -0.4 is 5.73 Å². The molecule has 0 spiro atoms. The van der Waals surface area contributed by atoms with Crippen molar-refractivity contribution in [2.45, 2.75) is 31.8 Å². The van der Waals surface area contributed by atoms with Gasteiger partial charge in [-0.1, -0.05) is 24.1 Å². The summed E-state index contributed by atoms with van der Waals surface area (Å²) in [4.78, 5) is 0. The molecule has 4 unspecified atom stereocenters. The van der Waals surface area contributed by atoms with Crippen molar-refractivity contribution in [2.75, 3.05) is 6.54 Å². The Hall–Kier alpha value is -0.640. The van der Waals surface area contributed by atoms with Crippen molar-refractivity contribution >= 4 is 11.6 Å². The van der Waals surface area contributed by atoms with Gasteiger partial charge in [0, 0.05) is 12.0 Å². The zero-order valence-corrected chi connectivity index (χ0v) is 11.5. The van der Waals surface area contributed by atoms with Crippen molar-refractivity contribution in [1.29, 1.82) is 0 Å². The predicted octanol–water partition coefficient (Wildman–Crippen LogP) is 3.28. The van der Waals surface area contributed by atoms with Gasteiger partial charge in [0.2, 0.25) is 0 Å². The van der Waals surface area contributed by atoms with Crippen LogP contribution in [0.15, 0.2) is 18.2 Å². The highest BCUT2D eigenvalue weighted by molar-refractivity contribution is 6.30. The van der Waals surface area contributed by atoms with Gasteiger partial charge in [-0.3, -0.25) is 0 Å². The molecule has 2 aliphatic rings. The lowest BCUT2D eigenvalue weighted by Gasteiger charge is -2.41. The third kappa shape index (κ3) is 1.99. The van der Waals surface area contributed by atoms with Crippen LogP contribution in [0.2, 0.25) is 5.02 Å². The van der Waals surface area contributed by atoms with E-state index in [0.717, 1.165) is 19.3 Å². The highest BCUT2D eigenvalue weighted by atomic mass is 35.5. The second kappa shape index (κ2) is 4.72. The Morgan fingerprint density at radius 1 is 1.47 bits per heavy atom. The van der Waals surface area contributed by atoms with Crippen molar-refractivity contribution in [1.82, 2.24) is 0 Å². The van der Waals surface area contributed by atoms with E-state index in [-0.39, 0.29) is 10.4 Å². The van der Waals surface area contributed by atoms with Crippen molar-refractivity contribution in [2.24, 2.45) is 23.0 Å². The fourth-order valence-electron chi connectivity index (χ4n) is 4.20. The molecule has 4 atom stereocenters. The molecule has 2 saturated carbocycles. The lowest BCUT2D eigenvalue weighted by molar-refractivity contribution is -0.0132. The van der Waals surface area contributed by atoms with Gasteiger partial charge in [0.25, 0.3) is 0 Å². The van der Waals surface area contributed by atoms with Crippen molar-refractivity contribution < 1.29 is 9.50 Å². The van der Waals surface area contributed by atoms with Gasteiger partial charge in [0.15, 0.2) is 0 Å². The largest absolute Gasteiger partial charge is 0.388 e. The molecule has 0 amide bonds. The summed E-state index contributed by atoms with van der Waals surface area (Å²) in [6.45, 7) is 0.458. The number of aliphatic hydroxyl groups is 1. The van der Waals surface area contributed by atoms with Crippen molar-refractivity contribution in [3.05, 3.63) is 34.6 Å². The van der Waals surface area contributed by atoms with Gasteiger partial charge >= 0.3 is 0 Å². The van der Waals surface area contributed by atoms with Crippen LogP contribution in [0.3, 0.4) is 0 Å². The Kier molecular flexibility index (Phi) is 3.32. The summed E-state index contributed by atoms with van der Waals surface area (Å²) < 4.78 is 13.6. The zero-order chi connectivity index (χ0) is 13.6. The van der Waals surface area contributed by atoms with Gasteiger partial charge in [0.05, 0.1) is 11.1 Å². The molecule has 2 fully saturated rings. The molecular weight excluding hydrogens is 265 g/mol. The first-order valence-electron chi connectivity index (χ1n) is 6.90. The summed E-state index contributed by atoms with van der Waals surface area (Å²) in [5.74, 6) is 0.671. The zero-order valence-electron chi connectivity index (χ0n) is 10.8. The molecule has 1 aromatic carbocycles. The standard InChI is InChI=1S/C15H19ClFNO/c16-12-4-2-10(6-13(12)17)14(19)15(8-18)7-9-1-3-11(15)5-9/h2,4,6,9,11,14,19H,1,3,5,7-8,18H2. The number of aliphatic hydroxyl groups excluding tert-OH is 1. The molecule has 3 N–H and O–H groups in total. The minimum absolute atomic E-state index is 0.0886. The van der Waals surface area contributed by atoms with Crippen LogP contribution in [0.1, 0.15) is 37.4 Å². The van der Waals surface area contributed by atoms with Gasteiger partial charge in [-0.25, -0.2) is 4.39 Å². The van der Waals surface area contributed by atoms with Gasteiger partial charge in [0.1, 0.15) is 5.82 Å². The van der Waals surface area contributed by atoms with E-state index in [1.807, 2.05) is 0 Å². The first-order chi connectivity index (χ1) is 9.06. The number of nitrogens with two attached hydrogens (primary N) is 1. The molecule has 0 radical (unpaired) electrons. The van der Waals surface area contributed by atoms with E-state index >= 15 is 0 Å². The monoisotopic (exact) mass is 283 g/mol. The minimum atomic E-state index is -0.695. The molecular formula is C15H19ClFNO. The lowest BCUT2D eigenvalue weighted by Crippen LogP contribution is -2.41. The molecule has 0 heterocycles. The topological polar surface area (TPSA) is 46.2 Å². The van der Waals surface area contributed by atoms with E-state index in [4.69, 9.17) is 17.3 Å². The molecule has 0 saturated heterocycles. The Balaban J connectivity index is 1.93. The van der Waals surface area contributed by atoms with Crippen LogP contribution in [-0.4, -0.2) is 11.7 Å². The van der Waals surface area contributed by atoms with E-state index in [1.54, 1.807) is 6.07 Å². The fraction of sp³-hybridized carbons (Fsp3) is 0.600. The highest BCUT2D eigenvalue weighted by Crippen LogP contribution is 2.60. The molecule has 104 valence electrons. The summed E-state index contributed by atoms with van der Waals surface area (Å²) in [6.07, 6.45) is 3.80. The van der Waals surface area contributed by atoms with E-state index in [1.165, 1.54) is 18.6 Å². The molecule has 0 aliphatic heterocycles. The fourth-order valence-corrected chi connectivity index (χ4v) is 4.32. The first kappa shape index (κ1) is 13.3. The average Bonchev–Trinajstić information content (AvgIpc) is 3.02. The number of benzene rings is 1. The quantitative estimate of drug-likeness (QED) is 0.894. The molecule has 2 aliphatic carbocycles. The molecule has 1 aromatic rings. The molecule has 2 nitrogen and oxygen atoms in total. The third-order valence-electron chi connectivity index (χ3n) is 5.21. The van der Waals surface area contributed by atoms with Crippen molar-refractivity contribution in [3.8, 4) is 0 Å². The Bertz CT molecular complexity index is 495. The minimum Gasteiger partial charge on any atom is -0.388 e. The summed E-state index contributed by atoms with van der Waals surface area (Å²) in [5.41, 5.74) is 6.30. The number of hydrogen-bond donors (Lipinski definition) is 2. The SMILES string of the molecule is NCC1(C(O)c2ccc(Cl)c(F)c2)CC2CCC1C2. The average molecular weight is 284 g/mol. The number of rotatable bonds is 3. The summed E-state index contributed by atoms with van der Waals surface area (Å²) in [6, 6.07) is 4.56. The van der Waals surface area contributed by atoms with Crippen LogP contribution in [0, 0.1) is 23.1 Å². The molecule has 0 aromatic heterocycles. The summed E-state index contributed by atoms with van der Waals surface area (Å²) in [5, 5.41) is 10.8. The van der Waals surface area contributed by atoms with Gasteiger partial charge in [-0.05, 0) is 48.8 Å². The second-order valence-electron chi connectivity index (χ2n) is 6.09. The van der Waals surface area contributed by atoms with E-state index < -0.39 is 11.9 Å². The van der Waals surface area contributed by atoms with E-state index in [0.29, 0.717) is 23.9 Å². The molecule has 19 heavy (non-hydrogen) atoms. The van der Waals surface area contributed by atoms with Crippen LogP contribution in [0.4, 0.5) is 4.39 Å². The molecule has 4 heteroatoms. The Labute approximate surface area is 117 Å². The van der Waals surface area contributed by atoms with Gasteiger partial charge in [-0.2, -0.15) is 0 Å². The summed E-state index contributed by atoms with van der Waals surface area (Å²) >= 11 is 5.70. The van der Waals surface area contributed by atoms with Gasteiger partial charge in [-0.15, -0.1) is 0 Å². The molecule has 2 bridgehead atoms. The smallest absolute Gasteiger partial charge is 0.142 e. The normalized spacial score (nSPS) is 34.7. The van der Waals surface area contributed by atoms with Crippen LogP contribution in [0.25, 0.3) is 0 Å². The van der Waals surface area contributed by atoms with Crippen LogP contribution >= 0.6 is 11.6 Å². The summed E-state index contributed by atoms with van der Waals surface area (Å²) in [7, 11) is 0. The van der Waals surface area contributed by atoms with Gasteiger partial charge < -0.3 is 10.8 Å². The second-order valence-corrected chi connectivity index (χ2v) is 6.50. The number of fused-ring (bicyclic) bond motifs is 2. The van der Waals surface area contributed by atoms with E-state index in [9.17, 15) is 9.50 Å². The Morgan fingerprint density at radius 3 is 2.79 bits per heavy atom. The Morgan fingerprint density at radius 2 is 2.26 bits per heavy atom. The van der Waals surface area contributed by atoms with Crippen LogP contribution in [-0.2, 0) is 0 Å². The predicted molar refractivity (Wildman–Crippen MR) is 73.3 cm³/mol. The third-order valence-corrected chi connectivity index (χ3v) is 5.51. The highest BCUT2D eigenvalue weighted by Gasteiger charge is 2.54. The number of halogens is 2.